The van der Waals surface area contributed by atoms with Crippen molar-refractivity contribution < 1.29 is 14.3 Å². The molecule has 0 atom stereocenters. The minimum Gasteiger partial charge on any atom is -0.497 e. The van der Waals surface area contributed by atoms with Crippen molar-refractivity contribution in [2.24, 2.45) is 5.73 Å². The molecule has 150 valence electrons. The Hall–Kier alpha value is -3.74. The number of pyridine rings is 1. The molecule has 3 rings (SSSR count). The van der Waals surface area contributed by atoms with E-state index in [1.807, 2.05) is 48.5 Å². The molecule has 0 saturated carbocycles. The number of hydrogen-bond acceptors (Lipinski definition) is 6. The van der Waals surface area contributed by atoms with E-state index in [1.165, 1.54) is 6.20 Å². The maximum atomic E-state index is 11.8. The Kier molecular flexibility index (Phi) is 6.52. The maximum absolute atomic E-state index is 11.8. The van der Waals surface area contributed by atoms with Crippen molar-refractivity contribution in [3.05, 3.63) is 71.9 Å². The van der Waals surface area contributed by atoms with Crippen LogP contribution in [-0.2, 0) is 6.42 Å². The summed E-state index contributed by atoms with van der Waals surface area (Å²) in [4.78, 5) is 16.1. The zero-order valence-corrected chi connectivity index (χ0v) is 16.4. The first kappa shape index (κ1) is 20.0. The summed E-state index contributed by atoms with van der Waals surface area (Å²) in [5, 5.41) is 6.49. The Morgan fingerprint density at radius 1 is 1.07 bits per heavy atom. The predicted octanol–water partition coefficient (Wildman–Crippen LogP) is 3.60. The fraction of sp³-hybridized carbons (Fsp3) is 0.182. The number of rotatable bonds is 9. The first-order valence-electron chi connectivity index (χ1n) is 9.17. The molecule has 0 aliphatic carbocycles. The van der Waals surface area contributed by atoms with Gasteiger partial charge in [0.05, 0.1) is 25.5 Å². The van der Waals surface area contributed by atoms with Crippen molar-refractivity contribution in [1.82, 2.24) is 4.98 Å². The summed E-state index contributed by atoms with van der Waals surface area (Å²) in [6.45, 7) is 0.604. The summed E-state index contributed by atoms with van der Waals surface area (Å²) in [6.07, 6.45) is 2.20. The average molecular weight is 392 g/mol. The third-order valence-corrected chi connectivity index (χ3v) is 4.43. The molecule has 7 nitrogen and oxygen atoms in total. The molecule has 0 unspecified atom stereocenters. The highest BCUT2D eigenvalue weighted by molar-refractivity contribution is 5.98. The molecule has 1 amide bonds. The van der Waals surface area contributed by atoms with Crippen LogP contribution >= 0.6 is 0 Å². The fourth-order valence-electron chi connectivity index (χ4n) is 2.93. The summed E-state index contributed by atoms with van der Waals surface area (Å²) in [7, 11) is 3.27. The van der Waals surface area contributed by atoms with Crippen LogP contribution in [0.3, 0.4) is 0 Å². The zero-order valence-electron chi connectivity index (χ0n) is 16.4. The molecule has 3 aromatic rings. The average Bonchev–Trinajstić information content (AvgIpc) is 2.74. The number of ether oxygens (including phenoxy) is 2. The second-order valence-corrected chi connectivity index (χ2v) is 6.32. The van der Waals surface area contributed by atoms with Crippen LogP contribution in [0.25, 0.3) is 0 Å². The lowest BCUT2D eigenvalue weighted by atomic mass is 10.1. The van der Waals surface area contributed by atoms with E-state index < -0.39 is 5.91 Å². The second kappa shape index (κ2) is 9.45. The van der Waals surface area contributed by atoms with Crippen LogP contribution in [0.2, 0.25) is 0 Å². The van der Waals surface area contributed by atoms with Gasteiger partial charge in [-0.05, 0) is 42.3 Å². The Labute approximate surface area is 169 Å². The molecule has 4 N–H and O–H groups in total. The van der Waals surface area contributed by atoms with Crippen molar-refractivity contribution in [3.8, 4) is 11.5 Å². The van der Waals surface area contributed by atoms with Gasteiger partial charge in [0.25, 0.3) is 5.91 Å². The van der Waals surface area contributed by atoms with Crippen LogP contribution in [0, 0.1) is 0 Å². The number of carbonyl (C=O) groups excluding carboxylic acids is 1. The van der Waals surface area contributed by atoms with E-state index in [4.69, 9.17) is 15.2 Å². The number of primary amides is 1. The molecule has 0 fully saturated rings. The van der Waals surface area contributed by atoms with Gasteiger partial charge in [0, 0.05) is 24.5 Å². The van der Waals surface area contributed by atoms with Crippen molar-refractivity contribution in [2.75, 3.05) is 31.4 Å². The van der Waals surface area contributed by atoms with Gasteiger partial charge in [-0.25, -0.2) is 4.98 Å². The van der Waals surface area contributed by atoms with Gasteiger partial charge in [-0.3, -0.25) is 4.79 Å². The lowest BCUT2D eigenvalue weighted by Crippen LogP contribution is -2.16. The number of methoxy groups -OCH3 is 2. The van der Waals surface area contributed by atoms with E-state index in [9.17, 15) is 4.79 Å². The number of nitrogens with zero attached hydrogens (tertiary/aromatic N) is 1. The van der Waals surface area contributed by atoms with E-state index in [1.54, 1.807) is 20.3 Å². The molecule has 29 heavy (non-hydrogen) atoms. The number of hydrogen-bond donors (Lipinski definition) is 3. The molecule has 0 bridgehead atoms. The zero-order chi connectivity index (χ0) is 20.6. The highest BCUT2D eigenvalue weighted by Crippen LogP contribution is 2.24. The van der Waals surface area contributed by atoms with Crippen LogP contribution in [-0.4, -0.2) is 31.7 Å². The number of carbonyl (C=O) groups is 1. The van der Waals surface area contributed by atoms with E-state index in [0.29, 0.717) is 23.6 Å². The number of amides is 1. The van der Waals surface area contributed by atoms with Gasteiger partial charge in [-0.15, -0.1) is 0 Å². The largest absolute Gasteiger partial charge is 0.497 e. The molecule has 2 aromatic carbocycles. The molecule has 7 heteroatoms. The molecule has 0 aliphatic heterocycles. The monoisotopic (exact) mass is 392 g/mol. The van der Waals surface area contributed by atoms with Gasteiger partial charge < -0.3 is 25.8 Å². The topological polar surface area (TPSA) is 98.5 Å². The first-order chi connectivity index (χ1) is 14.1. The van der Waals surface area contributed by atoms with Crippen LogP contribution in [0.5, 0.6) is 11.5 Å². The molecule has 0 radical (unpaired) electrons. The van der Waals surface area contributed by atoms with Crippen LogP contribution in [0.15, 0.2) is 60.8 Å². The van der Waals surface area contributed by atoms with Crippen LogP contribution in [0.1, 0.15) is 15.9 Å². The van der Waals surface area contributed by atoms with E-state index in [0.717, 1.165) is 29.2 Å². The Bertz CT molecular complexity index is 974. The molecule has 1 aromatic heterocycles. The Morgan fingerprint density at radius 3 is 2.52 bits per heavy atom. The normalized spacial score (nSPS) is 10.3. The predicted molar refractivity (Wildman–Crippen MR) is 114 cm³/mol. The number of aromatic nitrogens is 1. The summed E-state index contributed by atoms with van der Waals surface area (Å²) >= 11 is 0. The highest BCUT2D eigenvalue weighted by atomic mass is 16.5. The van der Waals surface area contributed by atoms with Crippen LogP contribution in [0.4, 0.5) is 17.2 Å². The quantitative estimate of drug-likeness (QED) is 0.515. The third kappa shape index (κ3) is 5.16. The third-order valence-electron chi connectivity index (χ3n) is 4.43. The van der Waals surface area contributed by atoms with Gasteiger partial charge in [0.1, 0.15) is 17.3 Å². The molecular formula is C22H24N4O3. The molecular weight excluding hydrogens is 368 g/mol. The van der Waals surface area contributed by atoms with Gasteiger partial charge in [0.15, 0.2) is 0 Å². The van der Waals surface area contributed by atoms with Gasteiger partial charge in [0.2, 0.25) is 0 Å². The molecule has 0 saturated heterocycles. The van der Waals surface area contributed by atoms with Crippen LogP contribution < -0.4 is 25.8 Å². The van der Waals surface area contributed by atoms with Gasteiger partial charge >= 0.3 is 0 Å². The second-order valence-electron chi connectivity index (χ2n) is 6.32. The lowest BCUT2D eigenvalue weighted by molar-refractivity contribution is 0.100. The molecule has 0 aliphatic rings. The van der Waals surface area contributed by atoms with Gasteiger partial charge in [-0.1, -0.05) is 18.2 Å². The van der Waals surface area contributed by atoms with Crippen molar-refractivity contribution in [3.63, 3.8) is 0 Å². The minimum absolute atomic E-state index is 0.338. The van der Waals surface area contributed by atoms with E-state index in [2.05, 4.69) is 15.6 Å². The summed E-state index contributed by atoms with van der Waals surface area (Å²) < 4.78 is 10.5. The first-order valence-corrected chi connectivity index (χ1v) is 9.17. The van der Waals surface area contributed by atoms with Crippen molar-refractivity contribution in [1.29, 1.82) is 0 Å². The van der Waals surface area contributed by atoms with Crippen molar-refractivity contribution >= 4 is 23.1 Å². The van der Waals surface area contributed by atoms with E-state index >= 15 is 0 Å². The number of nitrogens with one attached hydrogen (secondary N) is 2. The number of nitrogens with two attached hydrogens (primary N) is 1. The summed E-state index contributed by atoms with van der Waals surface area (Å²) in [5.74, 6) is 1.67. The molecule has 1 heterocycles. The number of anilines is 3. The minimum atomic E-state index is -0.534. The summed E-state index contributed by atoms with van der Waals surface area (Å²) in [6, 6.07) is 17.1. The standard InChI is InChI=1S/C22H24N4O3/c1-28-17-9-7-16(8-10-17)26-21-13-19(18(14-25-21)22(23)27)24-12-11-15-5-3-4-6-20(15)29-2/h3-10,13-14H,11-12H2,1-2H3,(H2,23,27)(H2,24,25,26). The fourth-order valence-corrected chi connectivity index (χ4v) is 2.93. The highest BCUT2D eigenvalue weighted by Gasteiger charge is 2.11. The maximum Gasteiger partial charge on any atom is 0.252 e. The smallest absolute Gasteiger partial charge is 0.252 e. The number of para-hydroxylation sites is 1. The Balaban J connectivity index is 1.73. The summed E-state index contributed by atoms with van der Waals surface area (Å²) in [5.41, 5.74) is 8.40. The number of benzene rings is 2. The molecule has 0 spiro atoms. The Morgan fingerprint density at radius 2 is 1.83 bits per heavy atom. The lowest BCUT2D eigenvalue weighted by Gasteiger charge is -2.14. The SMILES string of the molecule is COc1ccc(Nc2cc(NCCc3ccccc3OC)c(C(N)=O)cn2)cc1. The van der Waals surface area contributed by atoms with Crippen molar-refractivity contribution in [2.45, 2.75) is 6.42 Å². The van der Waals surface area contributed by atoms with E-state index in [-0.39, 0.29) is 0 Å². The van der Waals surface area contributed by atoms with Gasteiger partial charge in [-0.2, -0.15) is 0 Å².